The third-order valence-electron chi connectivity index (χ3n) is 10.6. The number of alkyl halides is 3. The van der Waals surface area contributed by atoms with Crippen LogP contribution < -0.4 is 4.90 Å². The number of nitrogens with zero attached hydrogens (tertiary/aromatic N) is 2. The van der Waals surface area contributed by atoms with Crippen molar-refractivity contribution in [1.82, 2.24) is 4.57 Å². The summed E-state index contributed by atoms with van der Waals surface area (Å²) in [6.45, 7) is 2.02. The van der Waals surface area contributed by atoms with E-state index in [0.717, 1.165) is 45.9 Å². The standard InChI is InChI=1S/C48H31F3N2/c1-30-11-20-36(21-12-30)52(38-24-18-34(19-25-38)48(49,50)51)37-22-13-31(14-23-37)39-26-15-32-16-28-42-46-33(17-27-40(39)45(32)46)29-44-47(42)41-9-5-6-10-43(41)53(44)35-7-3-2-4-8-35/h2-29H,1H3. The molecule has 0 saturated carbocycles. The maximum atomic E-state index is 13.4. The number of hydrogen-bond donors (Lipinski definition) is 0. The van der Waals surface area contributed by atoms with E-state index < -0.39 is 11.7 Å². The van der Waals surface area contributed by atoms with E-state index in [1.54, 1.807) is 0 Å². The SMILES string of the molecule is Cc1ccc(N(c2ccc(-c3ccc4ccc5c6c(ccc3c46)cc3c5c4ccccc4n3-c3ccccc3)cc2)c2ccc(C(F)(F)F)cc2)cc1. The zero-order valence-electron chi connectivity index (χ0n) is 28.7. The normalized spacial score (nSPS) is 12.2. The lowest BCUT2D eigenvalue weighted by Gasteiger charge is -2.26. The van der Waals surface area contributed by atoms with Crippen LogP contribution >= 0.6 is 0 Å². The predicted molar refractivity (Wildman–Crippen MR) is 214 cm³/mol. The molecule has 9 aromatic carbocycles. The van der Waals surface area contributed by atoms with Crippen LogP contribution in [0.2, 0.25) is 0 Å². The largest absolute Gasteiger partial charge is 0.416 e. The van der Waals surface area contributed by atoms with Crippen LogP contribution in [-0.4, -0.2) is 4.57 Å². The van der Waals surface area contributed by atoms with Crippen LogP contribution in [0.1, 0.15) is 11.1 Å². The fourth-order valence-corrected chi connectivity index (χ4v) is 8.17. The number of para-hydroxylation sites is 2. The van der Waals surface area contributed by atoms with Gasteiger partial charge in [-0.3, -0.25) is 0 Å². The number of anilines is 3. The summed E-state index contributed by atoms with van der Waals surface area (Å²) in [6, 6.07) is 56.7. The number of aryl methyl sites for hydroxylation is 1. The Bertz CT molecular complexity index is 2960. The average Bonchev–Trinajstić information content (AvgIpc) is 3.52. The minimum Gasteiger partial charge on any atom is -0.311 e. The van der Waals surface area contributed by atoms with Gasteiger partial charge in [-0.1, -0.05) is 103 Å². The monoisotopic (exact) mass is 692 g/mol. The van der Waals surface area contributed by atoms with E-state index >= 15 is 0 Å². The Kier molecular flexibility index (Phi) is 6.89. The molecule has 10 rings (SSSR count). The van der Waals surface area contributed by atoms with Crippen molar-refractivity contribution in [3.63, 3.8) is 0 Å². The Morgan fingerprint density at radius 3 is 1.77 bits per heavy atom. The fraction of sp³-hybridized carbons (Fsp3) is 0.0417. The van der Waals surface area contributed by atoms with Crippen molar-refractivity contribution in [3.05, 3.63) is 181 Å². The van der Waals surface area contributed by atoms with Crippen molar-refractivity contribution in [2.24, 2.45) is 0 Å². The molecule has 0 amide bonds. The molecule has 0 unspecified atom stereocenters. The number of aromatic nitrogens is 1. The molecular weight excluding hydrogens is 662 g/mol. The Morgan fingerprint density at radius 2 is 1.06 bits per heavy atom. The van der Waals surface area contributed by atoms with Gasteiger partial charge in [0.25, 0.3) is 0 Å². The summed E-state index contributed by atoms with van der Waals surface area (Å²) < 4.78 is 42.7. The van der Waals surface area contributed by atoms with Gasteiger partial charge in [0.15, 0.2) is 0 Å². The van der Waals surface area contributed by atoms with Gasteiger partial charge in [-0.2, -0.15) is 13.2 Å². The van der Waals surface area contributed by atoms with E-state index in [9.17, 15) is 13.2 Å². The molecule has 0 saturated heterocycles. The molecule has 0 aliphatic carbocycles. The first kappa shape index (κ1) is 31.2. The van der Waals surface area contributed by atoms with Gasteiger partial charge in [0, 0.05) is 33.5 Å². The Balaban J connectivity index is 1.13. The molecule has 0 N–H and O–H groups in total. The predicted octanol–water partition coefficient (Wildman–Crippen LogP) is 14.1. The van der Waals surface area contributed by atoms with E-state index in [1.165, 1.54) is 66.3 Å². The molecule has 0 aliphatic heterocycles. The minimum absolute atomic E-state index is 0.650. The molecule has 0 bridgehead atoms. The first-order valence-corrected chi connectivity index (χ1v) is 17.7. The fourth-order valence-electron chi connectivity index (χ4n) is 8.17. The third-order valence-corrected chi connectivity index (χ3v) is 10.6. The molecule has 2 nitrogen and oxygen atoms in total. The molecular formula is C48H31F3N2. The van der Waals surface area contributed by atoms with Crippen LogP contribution in [0.5, 0.6) is 0 Å². The van der Waals surface area contributed by atoms with Crippen LogP contribution in [0, 0.1) is 6.92 Å². The summed E-state index contributed by atoms with van der Waals surface area (Å²) in [5.74, 6) is 0. The van der Waals surface area contributed by atoms with Gasteiger partial charge < -0.3 is 9.47 Å². The van der Waals surface area contributed by atoms with Crippen molar-refractivity contribution >= 4 is 71.2 Å². The topological polar surface area (TPSA) is 8.17 Å². The van der Waals surface area contributed by atoms with E-state index in [4.69, 9.17) is 0 Å². The second kappa shape index (κ2) is 11.7. The smallest absolute Gasteiger partial charge is 0.311 e. The van der Waals surface area contributed by atoms with Crippen LogP contribution in [0.25, 0.3) is 70.9 Å². The highest BCUT2D eigenvalue weighted by Crippen LogP contribution is 2.45. The zero-order chi connectivity index (χ0) is 35.8. The van der Waals surface area contributed by atoms with Gasteiger partial charge in [-0.15, -0.1) is 0 Å². The molecule has 0 radical (unpaired) electrons. The van der Waals surface area contributed by atoms with E-state index in [1.807, 2.05) is 48.2 Å². The summed E-state index contributed by atoms with van der Waals surface area (Å²) in [4.78, 5) is 1.99. The van der Waals surface area contributed by atoms with Gasteiger partial charge in [0.1, 0.15) is 0 Å². The van der Waals surface area contributed by atoms with Gasteiger partial charge in [-0.05, 0) is 123 Å². The number of benzene rings is 9. The van der Waals surface area contributed by atoms with Crippen LogP contribution in [0.4, 0.5) is 30.2 Å². The van der Waals surface area contributed by atoms with Gasteiger partial charge in [-0.25, -0.2) is 0 Å². The van der Waals surface area contributed by atoms with Gasteiger partial charge in [0.2, 0.25) is 0 Å². The summed E-state index contributed by atoms with van der Waals surface area (Å²) in [5, 5.41) is 9.78. The second-order valence-electron chi connectivity index (χ2n) is 13.8. The second-order valence-corrected chi connectivity index (χ2v) is 13.8. The maximum absolute atomic E-state index is 13.4. The molecule has 0 aliphatic rings. The van der Waals surface area contributed by atoms with E-state index in [0.29, 0.717) is 5.69 Å². The zero-order valence-corrected chi connectivity index (χ0v) is 28.7. The highest BCUT2D eigenvalue weighted by Gasteiger charge is 2.30. The number of rotatable bonds is 5. The maximum Gasteiger partial charge on any atom is 0.416 e. The van der Waals surface area contributed by atoms with Crippen molar-refractivity contribution in [1.29, 1.82) is 0 Å². The molecule has 1 aromatic heterocycles. The summed E-state index contributed by atoms with van der Waals surface area (Å²) >= 11 is 0. The number of halogens is 3. The van der Waals surface area contributed by atoms with E-state index in [-0.39, 0.29) is 0 Å². The lowest BCUT2D eigenvalue weighted by molar-refractivity contribution is -0.137. The highest BCUT2D eigenvalue weighted by atomic mass is 19.4. The molecule has 0 fully saturated rings. The summed E-state index contributed by atoms with van der Waals surface area (Å²) in [7, 11) is 0. The van der Waals surface area contributed by atoms with E-state index in [2.05, 4.69) is 114 Å². The highest BCUT2D eigenvalue weighted by molar-refractivity contribution is 6.34. The van der Waals surface area contributed by atoms with Gasteiger partial charge in [0.05, 0.1) is 16.6 Å². The molecule has 0 atom stereocenters. The lowest BCUT2D eigenvalue weighted by Crippen LogP contribution is -2.11. The molecule has 5 heteroatoms. The van der Waals surface area contributed by atoms with Crippen molar-refractivity contribution in [3.8, 4) is 16.8 Å². The molecule has 1 heterocycles. The first-order chi connectivity index (χ1) is 25.8. The molecule has 53 heavy (non-hydrogen) atoms. The number of hydrogen-bond acceptors (Lipinski definition) is 1. The molecule has 10 aromatic rings. The third kappa shape index (κ3) is 4.96. The van der Waals surface area contributed by atoms with Crippen molar-refractivity contribution in [2.45, 2.75) is 13.1 Å². The summed E-state index contributed by atoms with van der Waals surface area (Å²) in [5.41, 5.74) is 8.50. The van der Waals surface area contributed by atoms with Gasteiger partial charge >= 0.3 is 6.18 Å². The van der Waals surface area contributed by atoms with Crippen LogP contribution in [-0.2, 0) is 6.18 Å². The quantitative estimate of drug-likeness (QED) is 0.163. The molecule has 254 valence electrons. The number of fused-ring (bicyclic) bond motifs is 4. The average molecular weight is 693 g/mol. The van der Waals surface area contributed by atoms with Crippen LogP contribution in [0.15, 0.2) is 170 Å². The van der Waals surface area contributed by atoms with Crippen LogP contribution in [0.3, 0.4) is 0 Å². The summed E-state index contributed by atoms with van der Waals surface area (Å²) in [6.07, 6.45) is -4.40. The lowest BCUT2D eigenvalue weighted by atomic mass is 9.88. The Labute approximate surface area is 303 Å². The Morgan fingerprint density at radius 1 is 0.472 bits per heavy atom. The van der Waals surface area contributed by atoms with Crippen molar-refractivity contribution < 1.29 is 13.2 Å². The Hall–Kier alpha value is -6.59. The first-order valence-electron chi connectivity index (χ1n) is 17.7. The minimum atomic E-state index is -4.40. The molecule has 0 spiro atoms. The van der Waals surface area contributed by atoms with Crippen molar-refractivity contribution in [2.75, 3.05) is 4.90 Å².